The highest BCUT2D eigenvalue weighted by Crippen LogP contribution is 2.30. The molecule has 3 rings (SSSR count). The number of esters is 1. The lowest BCUT2D eigenvalue weighted by Gasteiger charge is -2.25. The Balaban J connectivity index is 1.86. The maximum absolute atomic E-state index is 12.3. The molecule has 2 heterocycles. The molecule has 0 spiro atoms. The van der Waals surface area contributed by atoms with Crippen LogP contribution in [0, 0.1) is 0 Å². The van der Waals surface area contributed by atoms with Gasteiger partial charge in [0.25, 0.3) is 0 Å². The van der Waals surface area contributed by atoms with Crippen LogP contribution in [-0.4, -0.2) is 55.2 Å². The molecule has 3 aromatic rings. The molecular formula is C20H24N4O3S. The van der Waals surface area contributed by atoms with Crippen molar-refractivity contribution in [1.82, 2.24) is 14.9 Å². The molecule has 2 aromatic heterocycles. The van der Waals surface area contributed by atoms with Gasteiger partial charge in [-0.15, -0.1) is 11.3 Å². The summed E-state index contributed by atoms with van der Waals surface area (Å²) in [5.74, 6) is 1.10. The summed E-state index contributed by atoms with van der Waals surface area (Å²) in [6, 6.07) is 8.12. The quantitative estimate of drug-likeness (QED) is 0.579. The first-order valence-corrected chi connectivity index (χ1v) is 9.86. The minimum absolute atomic E-state index is 0.112. The first kappa shape index (κ1) is 20.0. The van der Waals surface area contributed by atoms with E-state index in [0.717, 1.165) is 16.1 Å². The Kier molecular flexibility index (Phi) is 6.43. The number of rotatable bonds is 8. The minimum Gasteiger partial charge on any atom is -0.497 e. The fourth-order valence-electron chi connectivity index (χ4n) is 2.99. The summed E-state index contributed by atoms with van der Waals surface area (Å²) in [7, 11) is 5.71. The zero-order valence-corrected chi connectivity index (χ0v) is 17.2. The van der Waals surface area contributed by atoms with Crippen molar-refractivity contribution in [3.63, 3.8) is 0 Å². The lowest BCUT2D eigenvalue weighted by Crippen LogP contribution is -2.27. The number of hydrogen-bond acceptors (Lipinski definition) is 8. The van der Waals surface area contributed by atoms with Crippen LogP contribution in [0.1, 0.15) is 28.9 Å². The van der Waals surface area contributed by atoms with E-state index in [2.05, 4.69) is 32.3 Å². The van der Waals surface area contributed by atoms with Crippen molar-refractivity contribution in [2.75, 3.05) is 39.7 Å². The molecular weight excluding hydrogens is 376 g/mol. The average molecular weight is 401 g/mol. The monoisotopic (exact) mass is 400 g/mol. The SMILES string of the molecule is CCOC(=O)c1csc2ncnc(NCC(c3ccc(OC)cc3)N(C)C)c12. The van der Waals surface area contributed by atoms with Gasteiger partial charge in [0.1, 0.15) is 22.7 Å². The normalized spacial score (nSPS) is 12.2. The number of anilines is 1. The molecule has 0 radical (unpaired) electrons. The number of hydrogen-bond donors (Lipinski definition) is 1. The lowest BCUT2D eigenvalue weighted by molar-refractivity contribution is 0.0529. The summed E-state index contributed by atoms with van der Waals surface area (Å²) < 4.78 is 10.4. The maximum Gasteiger partial charge on any atom is 0.339 e. The van der Waals surface area contributed by atoms with Crippen LogP contribution in [0.25, 0.3) is 10.2 Å². The van der Waals surface area contributed by atoms with Gasteiger partial charge >= 0.3 is 5.97 Å². The van der Waals surface area contributed by atoms with Crippen LogP contribution in [0.3, 0.4) is 0 Å². The number of nitrogens with zero attached hydrogens (tertiary/aromatic N) is 3. The van der Waals surface area contributed by atoms with Crippen molar-refractivity contribution < 1.29 is 14.3 Å². The second-order valence-electron chi connectivity index (χ2n) is 6.41. The van der Waals surface area contributed by atoms with Gasteiger partial charge in [-0.1, -0.05) is 12.1 Å². The summed E-state index contributed by atoms with van der Waals surface area (Å²) >= 11 is 1.41. The van der Waals surface area contributed by atoms with E-state index in [-0.39, 0.29) is 12.0 Å². The number of carbonyl (C=O) groups excluding carboxylic acids is 1. The Morgan fingerprint density at radius 1 is 1.25 bits per heavy atom. The van der Waals surface area contributed by atoms with E-state index in [1.807, 2.05) is 26.2 Å². The highest BCUT2D eigenvalue weighted by atomic mass is 32.1. The topological polar surface area (TPSA) is 76.6 Å². The third-order valence-electron chi connectivity index (χ3n) is 4.45. The molecule has 0 saturated heterocycles. The smallest absolute Gasteiger partial charge is 0.339 e. The van der Waals surface area contributed by atoms with Crippen LogP contribution in [0.15, 0.2) is 36.0 Å². The molecule has 0 bridgehead atoms. The molecule has 0 aliphatic heterocycles. The third-order valence-corrected chi connectivity index (χ3v) is 5.34. The molecule has 1 atom stereocenters. The fraction of sp³-hybridized carbons (Fsp3) is 0.350. The van der Waals surface area contributed by atoms with E-state index >= 15 is 0 Å². The number of aromatic nitrogens is 2. The molecule has 1 unspecified atom stereocenters. The van der Waals surface area contributed by atoms with E-state index in [9.17, 15) is 4.79 Å². The number of likely N-dealkylation sites (N-methyl/N-ethyl adjacent to an activating group) is 1. The minimum atomic E-state index is -0.356. The van der Waals surface area contributed by atoms with Crippen molar-refractivity contribution in [3.8, 4) is 5.75 Å². The Morgan fingerprint density at radius 2 is 2.00 bits per heavy atom. The van der Waals surface area contributed by atoms with Crippen LogP contribution >= 0.6 is 11.3 Å². The van der Waals surface area contributed by atoms with Gasteiger partial charge in [-0.05, 0) is 38.7 Å². The van der Waals surface area contributed by atoms with Gasteiger partial charge in [-0.25, -0.2) is 14.8 Å². The third kappa shape index (κ3) is 4.23. The van der Waals surface area contributed by atoms with Gasteiger partial charge in [-0.3, -0.25) is 0 Å². The van der Waals surface area contributed by atoms with Crippen LogP contribution in [0.4, 0.5) is 5.82 Å². The Labute approximate surface area is 168 Å². The number of fused-ring (bicyclic) bond motifs is 1. The number of ether oxygens (including phenoxy) is 2. The molecule has 0 fully saturated rings. The number of methoxy groups -OCH3 is 1. The summed E-state index contributed by atoms with van der Waals surface area (Å²) in [4.78, 5) is 23.8. The molecule has 7 nitrogen and oxygen atoms in total. The van der Waals surface area contributed by atoms with Crippen molar-refractivity contribution in [2.24, 2.45) is 0 Å². The predicted octanol–water partition coefficient (Wildman–Crippen LogP) is 3.59. The van der Waals surface area contributed by atoms with Gasteiger partial charge in [-0.2, -0.15) is 0 Å². The second-order valence-corrected chi connectivity index (χ2v) is 7.26. The Hall–Kier alpha value is -2.71. The highest BCUT2D eigenvalue weighted by Gasteiger charge is 2.20. The second kappa shape index (κ2) is 8.99. The van der Waals surface area contributed by atoms with E-state index in [1.54, 1.807) is 19.4 Å². The van der Waals surface area contributed by atoms with Gasteiger partial charge in [0.2, 0.25) is 0 Å². The van der Waals surface area contributed by atoms with Crippen molar-refractivity contribution >= 4 is 33.3 Å². The molecule has 28 heavy (non-hydrogen) atoms. The van der Waals surface area contributed by atoms with Gasteiger partial charge in [0, 0.05) is 11.9 Å². The number of nitrogens with one attached hydrogen (secondary N) is 1. The van der Waals surface area contributed by atoms with E-state index in [1.165, 1.54) is 17.7 Å². The largest absolute Gasteiger partial charge is 0.497 e. The van der Waals surface area contributed by atoms with Crippen molar-refractivity contribution in [3.05, 3.63) is 47.1 Å². The van der Waals surface area contributed by atoms with Crippen molar-refractivity contribution in [1.29, 1.82) is 0 Å². The Morgan fingerprint density at radius 3 is 2.64 bits per heavy atom. The predicted molar refractivity (Wildman–Crippen MR) is 111 cm³/mol. The van der Waals surface area contributed by atoms with Crippen LogP contribution in [0.5, 0.6) is 5.75 Å². The zero-order valence-electron chi connectivity index (χ0n) is 16.4. The van der Waals surface area contributed by atoms with E-state index < -0.39 is 0 Å². The maximum atomic E-state index is 12.3. The summed E-state index contributed by atoms with van der Waals surface area (Å²) in [6.45, 7) is 2.73. The molecule has 0 aliphatic carbocycles. The van der Waals surface area contributed by atoms with Gasteiger partial charge < -0.3 is 19.7 Å². The Bertz CT molecular complexity index is 940. The van der Waals surface area contributed by atoms with E-state index in [4.69, 9.17) is 9.47 Å². The van der Waals surface area contributed by atoms with Crippen LogP contribution in [-0.2, 0) is 4.74 Å². The molecule has 0 aliphatic rings. The standard InChI is InChI=1S/C20H24N4O3S/c1-5-27-20(25)15-11-28-19-17(15)18(22-12-23-19)21-10-16(24(2)3)13-6-8-14(26-4)9-7-13/h6-9,11-12,16H,5,10H2,1-4H3,(H,21,22,23). The first-order chi connectivity index (χ1) is 13.5. The number of carbonyl (C=O) groups is 1. The van der Waals surface area contributed by atoms with Crippen LogP contribution < -0.4 is 10.1 Å². The number of benzene rings is 1. The van der Waals surface area contributed by atoms with E-state index in [0.29, 0.717) is 29.9 Å². The van der Waals surface area contributed by atoms with Crippen LogP contribution in [0.2, 0.25) is 0 Å². The molecule has 0 saturated carbocycles. The van der Waals surface area contributed by atoms with Gasteiger partial charge in [0.15, 0.2) is 0 Å². The zero-order chi connectivity index (χ0) is 20.1. The lowest BCUT2D eigenvalue weighted by atomic mass is 10.1. The molecule has 1 N–H and O–H groups in total. The summed E-state index contributed by atoms with van der Waals surface area (Å²) in [5.41, 5.74) is 1.65. The molecule has 0 amide bonds. The summed E-state index contributed by atoms with van der Waals surface area (Å²) in [5, 5.41) is 5.87. The van der Waals surface area contributed by atoms with Crippen molar-refractivity contribution in [2.45, 2.75) is 13.0 Å². The average Bonchev–Trinajstić information content (AvgIpc) is 3.13. The summed E-state index contributed by atoms with van der Waals surface area (Å²) in [6.07, 6.45) is 1.51. The fourth-order valence-corrected chi connectivity index (χ4v) is 3.86. The molecule has 1 aromatic carbocycles. The first-order valence-electron chi connectivity index (χ1n) is 8.98. The number of thiophene rings is 1. The van der Waals surface area contributed by atoms with Gasteiger partial charge in [0.05, 0.1) is 30.7 Å². The molecule has 8 heteroatoms. The molecule has 148 valence electrons. The highest BCUT2D eigenvalue weighted by molar-refractivity contribution is 7.17.